The summed E-state index contributed by atoms with van der Waals surface area (Å²) in [6.07, 6.45) is 0.679. The van der Waals surface area contributed by atoms with Gasteiger partial charge in [0.2, 0.25) is 0 Å². The number of thiophene rings is 1. The molecule has 0 aliphatic heterocycles. The van der Waals surface area contributed by atoms with E-state index in [1.54, 1.807) is 11.3 Å². The second-order valence-corrected chi connectivity index (χ2v) is 3.09. The van der Waals surface area contributed by atoms with E-state index >= 15 is 0 Å². The summed E-state index contributed by atoms with van der Waals surface area (Å²) in [7, 11) is 0. The van der Waals surface area contributed by atoms with E-state index in [9.17, 15) is 0 Å². The lowest BCUT2D eigenvalue weighted by atomic mass is 10.4. The topological polar surface area (TPSA) is 0 Å². The minimum Gasteiger partial charge on any atom is -0.146 e. The third-order valence-corrected chi connectivity index (χ3v) is 2.02. The molecule has 1 aromatic rings. The van der Waals surface area contributed by atoms with Gasteiger partial charge in [-0.1, -0.05) is 0 Å². The zero-order valence-electron chi connectivity index (χ0n) is 4.85. The van der Waals surface area contributed by atoms with Crippen molar-refractivity contribution >= 4 is 11.3 Å². The minimum atomic E-state index is 0.679. The number of rotatable bonds is 1. The van der Waals surface area contributed by atoms with Crippen LogP contribution in [0.25, 0.3) is 0 Å². The highest BCUT2D eigenvalue weighted by atomic mass is 32.1. The summed E-state index contributed by atoms with van der Waals surface area (Å²) >= 11 is 1.76. The van der Waals surface area contributed by atoms with Crippen LogP contribution in [0.4, 0.5) is 0 Å². The van der Waals surface area contributed by atoms with Crippen molar-refractivity contribution in [1.82, 2.24) is 0 Å². The van der Waals surface area contributed by atoms with Gasteiger partial charge in [0.25, 0.3) is 0 Å². The van der Waals surface area contributed by atoms with Gasteiger partial charge in [0.05, 0.1) is 0 Å². The summed E-state index contributed by atoms with van der Waals surface area (Å²) in [5.74, 6) is 0. The quantitative estimate of drug-likeness (QED) is 0.539. The van der Waals surface area contributed by atoms with E-state index in [-0.39, 0.29) is 0 Å². The average Bonchev–Trinajstić information content (AvgIpc) is 2.14. The number of hydrogen-bond acceptors (Lipinski definition) is 1. The second-order valence-electron chi connectivity index (χ2n) is 1.72. The molecule has 0 fully saturated rings. The molecular weight excluding hydrogens is 116 g/mol. The molecule has 0 nitrogen and oxygen atoms in total. The molecule has 0 aromatic carbocycles. The predicted molar refractivity (Wildman–Crippen MR) is 37.1 cm³/mol. The summed E-state index contributed by atoms with van der Waals surface area (Å²) < 4.78 is 0. The van der Waals surface area contributed by atoms with Gasteiger partial charge in [-0.15, -0.1) is 11.3 Å². The van der Waals surface area contributed by atoms with Crippen molar-refractivity contribution in [1.29, 1.82) is 0 Å². The molecule has 0 aliphatic rings. The van der Waals surface area contributed by atoms with E-state index < -0.39 is 0 Å². The van der Waals surface area contributed by atoms with E-state index in [1.807, 2.05) is 0 Å². The van der Waals surface area contributed by atoms with Gasteiger partial charge in [-0.05, 0) is 32.4 Å². The van der Waals surface area contributed by atoms with E-state index in [1.165, 1.54) is 9.75 Å². The Hall–Kier alpha value is -0.300. The molecule has 1 aromatic heterocycles. The van der Waals surface area contributed by atoms with Crippen LogP contribution in [0.2, 0.25) is 0 Å². The summed E-state index contributed by atoms with van der Waals surface area (Å²) in [5.41, 5.74) is 0. The van der Waals surface area contributed by atoms with Crippen LogP contribution in [-0.4, -0.2) is 0 Å². The number of hydrogen-bond donors (Lipinski definition) is 0. The van der Waals surface area contributed by atoms with Crippen molar-refractivity contribution in [2.75, 3.05) is 0 Å². The molecule has 0 bridgehead atoms. The molecule has 1 rings (SSSR count). The van der Waals surface area contributed by atoms with Gasteiger partial charge in [-0.25, -0.2) is 0 Å². The third kappa shape index (κ3) is 1.10. The molecule has 8 heavy (non-hydrogen) atoms. The van der Waals surface area contributed by atoms with Crippen LogP contribution in [0, 0.1) is 13.8 Å². The zero-order valence-corrected chi connectivity index (χ0v) is 5.66. The molecule has 0 unspecified atom stereocenters. The minimum absolute atomic E-state index is 0.679. The molecule has 1 heteroatoms. The molecule has 0 saturated carbocycles. The molecule has 0 spiro atoms. The highest BCUT2D eigenvalue weighted by Crippen LogP contribution is 2.14. The zero-order chi connectivity index (χ0) is 5.98. The molecule has 0 saturated heterocycles. The Kier molecular flexibility index (Phi) is 1.69. The van der Waals surface area contributed by atoms with Crippen molar-refractivity contribution in [3.05, 3.63) is 28.8 Å². The Morgan fingerprint density at radius 3 is 2.62 bits per heavy atom. The lowest BCUT2D eigenvalue weighted by Gasteiger charge is -1.80. The van der Waals surface area contributed by atoms with Gasteiger partial charge in [-0.2, -0.15) is 0 Å². The first-order valence-electron chi connectivity index (χ1n) is 2.58. The first kappa shape index (κ1) is 5.83. The maximum Gasteiger partial charge on any atom is 0.00510 e. The van der Waals surface area contributed by atoms with E-state index in [0.717, 1.165) is 0 Å². The standard InChI is InChI=1S/C7H8S/c1-3-7-5-4-6(2)8-7/h1,4-5H,3H2,2H3. The molecule has 1 heterocycles. The summed E-state index contributed by atoms with van der Waals surface area (Å²) in [6, 6.07) is 4.16. The molecule has 0 aliphatic carbocycles. The van der Waals surface area contributed by atoms with Crippen LogP contribution in [0.15, 0.2) is 12.1 Å². The van der Waals surface area contributed by atoms with Crippen molar-refractivity contribution in [3.8, 4) is 0 Å². The Morgan fingerprint density at radius 2 is 2.38 bits per heavy atom. The molecule has 42 valence electrons. The lowest BCUT2D eigenvalue weighted by Crippen LogP contribution is -1.64. The van der Waals surface area contributed by atoms with Gasteiger partial charge >= 0.3 is 0 Å². The summed E-state index contributed by atoms with van der Waals surface area (Å²) in [4.78, 5) is 2.60. The van der Waals surface area contributed by atoms with Crippen molar-refractivity contribution in [2.24, 2.45) is 0 Å². The monoisotopic (exact) mass is 124 g/mol. The average molecular weight is 124 g/mol. The molecule has 0 N–H and O–H groups in total. The maximum absolute atomic E-state index is 5.37. The van der Waals surface area contributed by atoms with Crippen molar-refractivity contribution in [3.63, 3.8) is 0 Å². The van der Waals surface area contributed by atoms with Crippen LogP contribution in [0.5, 0.6) is 0 Å². The van der Waals surface area contributed by atoms with Crippen molar-refractivity contribution in [2.45, 2.75) is 13.3 Å². The van der Waals surface area contributed by atoms with E-state index in [2.05, 4.69) is 19.1 Å². The Bertz CT molecular complexity index is 165. The highest BCUT2D eigenvalue weighted by molar-refractivity contribution is 7.11. The Labute approximate surface area is 54.2 Å². The fourth-order valence-electron chi connectivity index (χ4n) is 0.595. The van der Waals surface area contributed by atoms with Crippen LogP contribution < -0.4 is 0 Å². The normalized spacial score (nSPS) is 9.75. The third-order valence-electron chi connectivity index (χ3n) is 0.997. The van der Waals surface area contributed by atoms with Crippen LogP contribution in [-0.2, 0) is 6.42 Å². The highest BCUT2D eigenvalue weighted by Gasteiger charge is 1.89. The lowest BCUT2D eigenvalue weighted by molar-refractivity contribution is 1.35. The second kappa shape index (κ2) is 2.31. The Morgan fingerprint density at radius 1 is 1.62 bits per heavy atom. The van der Waals surface area contributed by atoms with Gasteiger partial charge in [0.1, 0.15) is 0 Å². The Balaban J connectivity index is 2.84. The van der Waals surface area contributed by atoms with Gasteiger partial charge in [0.15, 0.2) is 0 Å². The van der Waals surface area contributed by atoms with E-state index in [0.29, 0.717) is 6.42 Å². The fraction of sp³-hybridized carbons (Fsp3) is 0.286. The molecular formula is C7H8S. The molecule has 2 radical (unpaired) electrons. The van der Waals surface area contributed by atoms with E-state index in [4.69, 9.17) is 6.92 Å². The van der Waals surface area contributed by atoms with Gasteiger partial charge in [-0.3, -0.25) is 0 Å². The molecule has 0 amide bonds. The van der Waals surface area contributed by atoms with Crippen LogP contribution in [0.3, 0.4) is 0 Å². The summed E-state index contributed by atoms with van der Waals surface area (Å²) in [5, 5.41) is 0. The first-order chi connectivity index (χ1) is 3.83. The van der Waals surface area contributed by atoms with Crippen LogP contribution in [0.1, 0.15) is 9.75 Å². The maximum atomic E-state index is 5.37. The smallest absolute Gasteiger partial charge is 0.00510 e. The van der Waals surface area contributed by atoms with Crippen LogP contribution >= 0.6 is 11.3 Å². The van der Waals surface area contributed by atoms with Gasteiger partial charge in [0, 0.05) is 9.75 Å². The molecule has 0 atom stereocenters. The summed E-state index contributed by atoms with van der Waals surface area (Å²) in [6.45, 7) is 7.46. The largest absolute Gasteiger partial charge is 0.146 e. The van der Waals surface area contributed by atoms with Gasteiger partial charge < -0.3 is 0 Å². The number of aryl methyl sites for hydroxylation is 1. The predicted octanol–water partition coefficient (Wildman–Crippen LogP) is 2.31. The first-order valence-corrected chi connectivity index (χ1v) is 3.40. The SMILES string of the molecule is [CH]Cc1ccc(C)s1. The van der Waals surface area contributed by atoms with Crippen molar-refractivity contribution < 1.29 is 0 Å². The fourth-order valence-corrected chi connectivity index (χ4v) is 1.36.